The van der Waals surface area contributed by atoms with Gasteiger partial charge in [-0.25, -0.2) is 0 Å². The first-order valence-corrected chi connectivity index (χ1v) is 8.70. The van der Waals surface area contributed by atoms with Crippen LogP contribution in [0.25, 0.3) is 0 Å². The lowest BCUT2D eigenvalue weighted by atomic mass is 10.3. The first-order chi connectivity index (χ1) is 7.73. The molecule has 0 nitrogen and oxygen atoms in total. The highest BCUT2D eigenvalue weighted by Crippen LogP contribution is 2.09. The van der Waals surface area contributed by atoms with Crippen LogP contribution >= 0.6 is 11.1 Å². The molecule has 1 aromatic rings. The van der Waals surface area contributed by atoms with Crippen LogP contribution in [0.1, 0.15) is 26.2 Å². The summed E-state index contributed by atoms with van der Waals surface area (Å²) in [7, 11) is -2.27. The van der Waals surface area contributed by atoms with Crippen LogP contribution in [0.2, 0.25) is 0 Å². The van der Waals surface area contributed by atoms with Gasteiger partial charge in [0.15, 0.2) is 0 Å². The van der Waals surface area contributed by atoms with E-state index in [1.165, 1.54) is 6.42 Å². The molecule has 0 fully saturated rings. The monoisotopic (exact) mass is 248 g/mol. The molecule has 0 aliphatic rings. The van der Waals surface area contributed by atoms with E-state index in [1.807, 2.05) is 36.0 Å². The van der Waals surface area contributed by atoms with Gasteiger partial charge in [-0.2, -0.15) is 0 Å². The fourth-order valence-electron chi connectivity index (χ4n) is 1.38. The lowest BCUT2D eigenvalue weighted by Crippen LogP contribution is -2.39. The van der Waals surface area contributed by atoms with E-state index < -0.39 is 7.38 Å². The maximum Gasteiger partial charge on any atom is 0.286 e. The molecule has 0 heterocycles. The Balaban J connectivity index is 2.85. The highest BCUT2D eigenvalue weighted by atomic mass is 35.6. The molecule has 0 aromatic heterocycles. The highest BCUT2D eigenvalue weighted by Gasteiger charge is 2.26. The van der Waals surface area contributed by atoms with Crippen molar-refractivity contribution in [1.82, 2.24) is 0 Å². The van der Waals surface area contributed by atoms with Crippen molar-refractivity contribution in [3.8, 4) is 11.5 Å². The van der Waals surface area contributed by atoms with Gasteiger partial charge in [0.05, 0.1) is 0 Å². The fraction of sp³-hybridized carbons (Fsp3) is 0.286. The molecule has 2 heteroatoms. The van der Waals surface area contributed by atoms with E-state index in [1.54, 1.807) is 0 Å². The summed E-state index contributed by atoms with van der Waals surface area (Å²) in [6.07, 6.45) is 3.24. The third-order valence-electron chi connectivity index (χ3n) is 2.40. The zero-order valence-corrected chi connectivity index (χ0v) is 11.4. The van der Waals surface area contributed by atoms with E-state index in [2.05, 4.69) is 25.0 Å². The van der Waals surface area contributed by atoms with E-state index in [-0.39, 0.29) is 0 Å². The van der Waals surface area contributed by atoms with Crippen LogP contribution in [-0.2, 0) is 0 Å². The van der Waals surface area contributed by atoms with Gasteiger partial charge in [0.1, 0.15) is 0 Å². The second-order valence-electron chi connectivity index (χ2n) is 3.69. The largest absolute Gasteiger partial charge is 0.286 e. The summed E-state index contributed by atoms with van der Waals surface area (Å²) in [6, 6.07) is 10.1. The molecule has 1 aromatic carbocycles. The van der Waals surface area contributed by atoms with E-state index in [4.69, 9.17) is 11.1 Å². The van der Waals surface area contributed by atoms with Crippen LogP contribution in [0.5, 0.6) is 0 Å². The highest BCUT2D eigenvalue weighted by molar-refractivity contribution is 7.34. The molecule has 0 aliphatic heterocycles. The van der Waals surface area contributed by atoms with Gasteiger partial charge in [-0.15, -0.1) is 29.1 Å². The van der Waals surface area contributed by atoms with Crippen LogP contribution in [0.3, 0.4) is 0 Å². The van der Waals surface area contributed by atoms with Crippen molar-refractivity contribution in [3.63, 3.8) is 0 Å². The zero-order valence-electron chi connectivity index (χ0n) is 9.67. The lowest BCUT2D eigenvalue weighted by molar-refractivity contribution is 0.828. The first-order valence-electron chi connectivity index (χ1n) is 5.61. The van der Waals surface area contributed by atoms with Crippen LogP contribution < -0.4 is 5.19 Å². The molecule has 84 valence electrons. The van der Waals surface area contributed by atoms with Crippen LogP contribution in [0, 0.1) is 11.5 Å². The summed E-state index contributed by atoms with van der Waals surface area (Å²) in [5.74, 6) is 3.18. The number of rotatable bonds is 4. The Hall–Kier alpha value is -0.973. The number of hydrogen-bond donors (Lipinski definition) is 0. The summed E-state index contributed by atoms with van der Waals surface area (Å²) in [4.78, 5) is 0. The number of hydrogen-bond acceptors (Lipinski definition) is 0. The van der Waals surface area contributed by atoms with Crippen molar-refractivity contribution in [1.29, 1.82) is 0 Å². The van der Waals surface area contributed by atoms with Gasteiger partial charge >= 0.3 is 0 Å². The summed E-state index contributed by atoms with van der Waals surface area (Å²) < 4.78 is 0. The molecule has 0 saturated carbocycles. The summed E-state index contributed by atoms with van der Waals surface area (Å²) >= 11 is 6.58. The maximum atomic E-state index is 6.58. The quantitative estimate of drug-likeness (QED) is 0.331. The van der Waals surface area contributed by atoms with Gasteiger partial charge in [-0.1, -0.05) is 49.4 Å². The van der Waals surface area contributed by atoms with Gasteiger partial charge < -0.3 is 0 Å². The van der Waals surface area contributed by atoms with Crippen molar-refractivity contribution in [2.45, 2.75) is 26.2 Å². The minimum absolute atomic E-state index is 0.929. The van der Waals surface area contributed by atoms with Crippen molar-refractivity contribution in [3.05, 3.63) is 42.6 Å². The SMILES string of the molecule is C=C[Si](Cl)(C#CCCCC)c1ccccc1. The van der Waals surface area contributed by atoms with Crippen LogP contribution in [0.4, 0.5) is 0 Å². The van der Waals surface area contributed by atoms with Gasteiger partial charge in [-0.3, -0.25) is 0 Å². The van der Waals surface area contributed by atoms with E-state index in [0.29, 0.717) is 0 Å². The molecule has 0 N–H and O–H groups in total. The second kappa shape index (κ2) is 6.58. The van der Waals surface area contributed by atoms with Crippen molar-refractivity contribution in [2.75, 3.05) is 0 Å². The van der Waals surface area contributed by atoms with Crippen molar-refractivity contribution in [2.24, 2.45) is 0 Å². The predicted octanol–water partition coefficient (Wildman–Crippen LogP) is 3.54. The minimum Gasteiger partial charge on any atom is -0.138 e. The normalized spacial score (nSPS) is 13.4. The molecule has 1 rings (SSSR count). The van der Waals surface area contributed by atoms with Gasteiger partial charge in [0, 0.05) is 6.42 Å². The molecule has 16 heavy (non-hydrogen) atoms. The first kappa shape index (κ1) is 13.1. The Labute approximate surface area is 104 Å². The molecule has 0 amide bonds. The van der Waals surface area contributed by atoms with Crippen LogP contribution in [-0.4, -0.2) is 7.38 Å². The molecule has 0 saturated heterocycles. The smallest absolute Gasteiger partial charge is 0.138 e. The third kappa shape index (κ3) is 3.55. The molecular formula is C14H17ClSi. The van der Waals surface area contributed by atoms with Crippen molar-refractivity contribution >= 4 is 23.6 Å². The molecule has 0 aliphatic carbocycles. The van der Waals surface area contributed by atoms with E-state index >= 15 is 0 Å². The average Bonchev–Trinajstić information content (AvgIpc) is 2.35. The molecule has 1 unspecified atom stereocenters. The molecule has 0 bridgehead atoms. The van der Waals surface area contributed by atoms with Gasteiger partial charge in [-0.05, 0) is 11.6 Å². The summed E-state index contributed by atoms with van der Waals surface area (Å²) in [5.41, 5.74) is 5.07. The topological polar surface area (TPSA) is 0 Å². The Bertz CT molecular complexity index is 388. The fourth-order valence-corrected chi connectivity index (χ4v) is 3.50. The standard InChI is InChI=1S/C14H17ClSi/c1-3-5-6-10-13-16(15,4-2)14-11-8-7-9-12-14/h4,7-9,11-12H,2-3,5-6H2,1H3. The molecule has 0 radical (unpaired) electrons. The van der Waals surface area contributed by atoms with Crippen LogP contribution in [0.15, 0.2) is 42.6 Å². The molecule has 1 atom stereocenters. The van der Waals surface area contributed by atoms with Crippen molar-refractivity contribution < 1.29 is 0 Å². The second-order valence-corrected chi connectivity index (χ2v) is 8.13. The summed E-state index contributed by atoms with van der Waals surface area (Å²) in [5, 5.41) is 1.12. The zero-order chi connectivity index (χ0) is 11.9. The number of benzene rings is 1. The molecular weight excluding hydrogens is 232 g/mol. The Morgan fingerprint density at radius 2 is 2.06 bits per heavy atom. The third-order valence-corrected chi connectivity index (χ3v) is 6.08. The lowest BCUT2D eigenvalue weighted by Gasteiger charge is -2.13. The minimum atomic E-state index is -2.27. The predicted molar refractivity (Wildman–Crippen MR) is 75.2 cm³/mol. The van der Waals surface area contributed by atoms with E-state index in [9.17, 15) is 0 Å². The Morgan fingerprint density at radius 3 is 2.62 bits per heavy atom. The molecule has 0 spiro atoms. The number of halogens is 1. The van der Waals surface area contributed by atoms with E-state index in [0.717, 1.165) is 18.0 Å². The Kier molecular flexibility index (Phi) is 5.38. The number of unbranched alkanes of at least 4 members (excludes halogenated alkanes) is 2. The average molecular weight is 249 g/mol. The van der Waals surface area contributed by atoms with Gasteiger partial charge in [0.2, 0.25) is 0 Å². The summed E-state index contributed by atoms with van der Waals surface area (Å²) in [6.45, 7) is 6.00. The Morgan fingerprint density at radius 1 is 1.38 bits per heavy atom. The maximum absolute atomic E-state index is 6.58. The van der Waals surface area contributed by atoms with Gasteiger partial charge in [0.25, 0.3) is 7.38 Å².